The summed E-state index contributed by atoms with van der Waals surface area (Å²) in [4.78, 5) is 88.5. The Bertz CT molecular complexity index is 1760. The van der Waals surface area contributed by atoms with Crippen molar-refractivity contribution in [2.45, 2.75) is 87.5 Å². The van der Waals surface area contributed by atoms with E-state index >= 15 is 0 Å². The fourth-order valence-corrected chi connectivity index (χ4v) is 9.28. The summed E-state index contributed by atoms with van der Waals surface area (Å²) >= 11 is 0. The fraction of sp³-hybridized carbons (Fsp3) is 0.786. The van der Waals surface area contributed by atoms with Crippen LogP contribution in [0, 0.1) is 51.8 Å². The lowest BCUT2D eigenvalue weighted by molar-refractivity contribution is -0.890. The van der Waals surface area contributed by atoms with Crippen LogP contribution in [-0.2, 0) is 50.0 Å². The number of carbonyl (C=O) groups is 6. The first kappa shape index (κ1) is 56.8. The zero-order valence-corrected chi connectivity index (χ0v) is 39.7. The highest BCUT2D eigenvalue weighted by atomic mass is 32.2. The molecule has 0 saturated carbocycles. The van der Waals surface area contributed by atoms with E-state index in [0.717, 1.165) is 0 Å². The molecule has 0 aliphatic heterocycles. The number of quaternary nitrogens is 1. The normalized spacial score (nSPS) is 15.6. The van der Waals surface area contributed by atoms with E-state index in [0.29, 0.717) is 29.7 Å². The summed E-state index contributed by atoms with van der Waals surface area (Å²) in [6, 6.07) is 0. The van der Waals surface area contributed by atoms with Gasteiger partial charge in [0.05, 0.1) is 87.8 Å². The molecule has 0 radical (unpaired) electrons. The largest absolute Gasteiger partial charge is 0.481 e. The third-order valence-corrected chi connectivity index (χ3v) is 12.5. The Morgan fingerprint density at radius 3 is 1.81 bits per heavy atom. The molecule has 0 fully saturated rings. The van der Waals surface area contributed by atoms with Gasteiger partial charge in [0.1, 0.15) is 0 Å². The number of ether oxygens (including phenoxy) is 1. The Morgan fingerprint density at radius 2 is 1.30 bits per heavy atom. The van der Waals surface area contributed by atoms with Crippen LogP contribution in [-0.4, -0.2) is 151 Å². The summed E-state index contributed by atoms with van der Waals surface area (Å²) in [5, 5.41) is 40.4. The van der Waals surface area contributed by atoms with Gasteiger partial charge in [0.25, 0.3) is 10.1 Å². The van der Waals surface area contributed by atoms with E-state index in [4.69, 9.17) is 15.0 Å². The summed E-state index contributed by atoms with van der Waals surface area (Å²) in [6.45, 7) is 14.6. The van der Waals surface area contributed by atoms with Crippen molar-refractivity contribution < 1.29 is 66.3 Å². The van der Waals surface area contributed by atoms with Crippen molar-refractivity contribution in [3.8, 4) is 0 Å². The SMILES string of the molecule is CC(C(=O)NCCOCCN)C(C(=O)O)C(C)(C)CC(C(=O)O)C(C(=O)NCCc1c[nH]cn1)C(C)(C)CC(C(=O)NCCC[N+](C)(C)CCCS(=O)(=O)O)C(C(=O)O)C(C)(C)C. The predicted octanol–water partition coefficient (Wildman–Crippen LogP) is 1.87. The molecule has 6 unspecified atom stereocenters. The van der Waals surface area contributed by atoms with Crippen LogP contribution in [0.2, 0.25) is 0 Å². The number of aromatic nitrogens is 2. The molecule has 362 valence electrons. The van der Waals surface area contributed by atoms with E-state index in [-0.39, 0.29) is 58.7 Å². The van der Waals surface area contributed by atoms with Gasteiger partial charge in [-0.1, -0.05) is 55.4 Å². The average molecular weight is 919 g/mol. The molecule has 10 N–H and O–H groups in total. The van der Waals surface area contributed by atoms with Crippen molar-refractivity contribution in [3.63, 3.8) is 0 Å². The smallest absolute Gasteiger partial charge is 0.307 e. The Kier molecular flexibility index (Phi) is 22.3. The van der Waals surface area contributed by atoms with Gasteiger partial charge in [-0.3, -0.25) is 33.3 Å². The number of H-pyrrole nitrogens is 1. The van der Waals surface area contributed by atoms with Crippen molar-refractivity contribution in [3.05, 3.63) is 18.2 Å². The second-order valence-corrected chi connectivity index (χ2v) is 21.2. The highest BCUT2D eigenvalue weighted by Crippen LogP contribution is 2.48. The first-order valence-electron chi connectivity index (χ1n) is 21.4. The Hall–Kier alpha value is -4.18. The lowest BCUT2D eigenvalue weighted by Crippen LogP contribution is -2.52. The quantitative estimate of drug-likeness (QED) is 0.0292. The van der Waals surface area contributed by atoms with Gasteiger partial charge in [0, 0.05) is 57.6 Å². The van der Waals surface area contributed by atoms with Gasteiger partial charge in [-0.05, 0) is 29.1 Å². The number of hydrogen-bond donors (Lipinski definition) is 9. The Labute approximate surface area is 372 Å². The molecular weight excluding hydrogens is 843 g/mol. The second kappa shape index (κ2) is 24.8. The minimum atomic E-state index is -4.12. The van der Waals surface area contributed by atoms with Gasteiger partial charge >= 0.3 is 17.9 Å². The molecule has 1 aromatic heterocycles. The number of hydrogen-bond acceptors (Lipinski definition) is 11. The molecule has 1 aromatic rings. The zero-order chi connectivity index (χ0) is 48.6. The van der Waals surface area contributed by atoms with Crippen LogP contribution < -0.4 is 21.7 Å². The molecule has 0 aliphatic rings. The van der Waals surface area contributed by atoms with E-state index in [1.165, 1.54) is 27.1 Å². The van der Waals surface area contributed by atoms with Gasteiger partial charge in [-0.15, -0.1) is 0 Å². The van der Waals surface area contributed by atoms with E-state index in [1.807, 2.05) is 14.1 Å². The maximum atomic E-state index is 14.5. The van der Waals surface area contributed by atoms with Crippen molar-refractivity contribution in [1.82, 2.24) is 25.9 Å². The van der Waals surface area contributed by atoms with Gasteiger partial charge in [-0.2, -0.15) is 8.42 Å². The third kappa shape index (κ3) is 19.6. The molecule has 21 heteroatoms. The maximum absolute atomic E-state index is 14.5. The zero-order valence-electron chi connectivity index (χ0n) is 38.9. The standard InChI is InChI=1S/C42H75N7O13S/c1-27(34(50)47-17-21-62-20-14-43)31(38(55)56)41(5,6)24-30(37(53)54)32(36(52)46-16-13-28-25-44-26-48-28)42(7,8)23-29(33(39(57)58)40(2,3)4)35(51)45-15-11-18-49(9,10)19-12-22-63(59,60)61/h25-27,29-33H,11-24,43H2,1-10H3,(H7-,44,45,46,47,48,50,51,52,53,54,55,56,57,58,59,60,61)/p+1. The first-order chi connectivity index (χ1) is 28.9. The molecule has 1 heterocycles. The van der Waals surface area contributed by atoms with Crippen molar-refractivity contribution in [2.24, 2.45) is 57.5 Å². The van der Waals surface area contributed by atoms with Crippen molar-refractivity contribution in [2.75, 3.05) is 72.3 Å². The number of nitrogens with zero attached hydrogens (tertiary/aromatic N) is 2. The Balaban J connectivity index is 3.68. The van der Waals surface area contributed by atoms with Crippen molar-refractivity contribution >= 4 is 45.7 Å². The molecular formula is C42H76N7O13S+. The van der Waals surface area contributed by atoms with Crippen LogP contribution in [0.25, 0.3) is 0 Å². The molecule has 3 amide bonds. The fourth-order valence-electron chi connectivity index (χ4n) is 8.78. The molecule has 0 aliphatic carbocycles. The number of imidazole rings is 1. The summed E-state index contributed by atoms with van der Waals surface area (Å²) < 4.78 is 37.2. The van der Waals surface area contributed by atoms with Gasteiger partial charge in [0.2, 0.25) is 17.7 Å². The predicted molar refractivity (Wildman–Crippen MR) is 234 cm³/mol. The number of carbonyl (C=O) groups excluding carboxylic acids is 3. The number of carboxylic acid groups (broad SMARTS) is 3. The number of amides is 3. The molecule has 6 atom stereocenters. The van der Waals surface area contributed by atoms with Crippen molar-refractivity contribution in [1.29, 1.82) is 0 Å². The van der Waals surface area contributed by atoms with Crippen LogP contribution in [0.15, 0.2) is 12.5 Å². The van der Waals surface area contributed by atoms with E-state index in [1.54, 1.807) is 40.8 Å². The number of aliphatic carboxylic acids is 3. The molecule has 63 heavy (non-hydrogen) atoms. The topological polar surface area (TPSA) is 318 Å². The van der Waals surface area contributed by atoms with Crippen LogP contribution in [0.3, 0.4) is 0 Å². The second-order valence-electron chi connectivity index (χ2n) is 19.7. The van der Waals surface area contributed by atoms with Gasteiger partial charge in [-0.25, -0.2) is 4.98 Å². The van der Waals surface area contributed by atoms with E-state index < -0.39 is 110 Å². The molecule has 0 saturated heterocycles. The van der Waals surface area contributed by atoms with Gasteiger partial charge in [0.15, 0.2) is 0 Å². The van der Waals surface area contributed by atoms with Gasteiger partial charge < -0.3 is 51.2 Å². The highest BCUT2D eigenvalue weighted by Gasteiger charge is 2.53. The van der Waals surface area contributed by atoms with Crippen LogP contribution in [0.4, 0.5) is 0 Å². The minimum absolute atomic E-state index is 0.0459. The average Bonchev–Trinajstić information content (AvgIpc) is 3.64. The number of carboxylic acids is 3. The van der Waals surface area contributed by atoms with Crippen LogP contribution >= 0.6 is 0 Å². The molecule has 0 aromatic carbocycles. The maximum Gasteiger partial charge on any atom is 0.307 e. The molecule has 0 spiro atoms. The number of nitrogens with one attached hydrogen (secondary N) is 4. The molecule has 20 nitrogen and oxygen atoms in total. The number of rotatable bonds is 31. The first-order valence-corrected chi connectivity index (χ1v) is 23.0. The number of nitrogens with two attached hydrogens (primary N) is 1. The summed E-state index contributed by atoms with van der Waals surface area (Å²) in [5.74, 6) is -14.5. The summed E-state index contributed by atoms with van der Waals surface area (Å²) in [6.07, 6.45) is 3.36. The number of aromatic amines is 1. The summed E-state index contributed by atoms with van der Waals surface area (Å²) in [5.41, 5.74) is 2.22. The highest BCUT2D eigenvalue weighted by molar-refractivity contribution is 7.85. The van der Waals surface area contributed by atoms with E-state index in [9.17, 15) is 52.5 Å². The molecule has 0 bridgehead atoms. The minimum Gasteiger partial charge on any atom is -0.481 e. The Morgan fingerprint density at radius 1 is 0.762 bits per heavy atom. The lowest BCUT2D eigenvalue weighted by atomic mass is 9.59. The van der Waals surface area contributed by atoms with Crippen LogP contribution in [0.5, 0.6) is 0 Å². The lowest BCUT2D eigenvalue weighted by Gasteiger charge is -2.44. The third-order valence-electron chi connectivity index (χ3n) is 11.7. The van der Waals surface area contributed by atoms with Crippen LogP contribution in [0.1, 0.15) is 86.8 Å². The molecule has 1 rings (SSSR count). The monoisotopic (exact) mass is 919 g/mol. The summed E-state index contributed by atoms with van der Waals surface area (Å²) in [7, 11) is -0.384. The van der Waals surface area contributed by atoms with E-state index in [2.05, 4.69) is 25.9 Å².